The van der Waals surface area contributed by atoms with Crippen LogP contribution in [0.1, 0.15) is 11.5 Å². The molecule has 17 heavy (non-hydrogen) atoms. The predicted molar refractivity (Wildman–Crippen MR) is 56.7 cm³/mol. The van der Waals surface area contributed by atoms with Crippen molar-refractivity contribution in [3.8, 4) is 0 Å². The maximum Gasteiger partial charge on any atom is 0.405 e. The van der Waals surface area contributed by atoms with Crippen molar-refractivity contribution in [3.05, 3.63) is 29.8 Å². The molecule has 0 fully saturated rings. The van der Waals surface area contributed by atoms with Crippen LogP contribution >= 0.6 is 0 Å². The Morgan fingerprint density at radius 1 is 1.41 bits per heavy atom. The van der Waals surface area contributed by atoms with Crippen LogP contribution in [-0.2, 0) is 4.79 Å². The van der Waals surface area contributed by atoms with E-state index in [0.717, 1.165) is 11.3 Å². The molecule has 1 aromatic rings. The molecule has 0 spiro atoms. The first kappa shape index (κ1) is 11.8. The zero-order chi connectivity index (χ0) is 12.5. The number of carbonyl (C=O) groups excluding carboxylic acids is 1. The van der Waals surface area contributed by atoms with Gasteiger partial charge in [-0.3, -0.25) is 4.79 Å². The number of rotatable bonds is 2. The van der Waals surface area contributed by atoms with Crippen molar-refractivity contribution in [2.45, 2.75) is 12.1 Å². The second-order valence-corrected chi connectivity index (χ2v) is 3.85. The Balaban J connectivity index is 2.03. The average molecular weight is 244 g/mol. The Morgan fingerprint density at radius 3 is 2.82 bits per heavy atom. The SMILES string of the molecule is O=C(NCC(F)(F)F)C1CNc2ccccc21. The van der Waals surface area contributed by atoms with Crippen LogP contribution in [0.4, 0.5) is 18.9 Å². The molecule has 2 rings (SSSR count). The zero-order valence-corrected chi connectivity index (χ0v) is 8.84. The number of carbonyl (C=O) groups is 1. The van der Waals surface area contributed by atoms with E-state index in [4.69, 9.17) is 0 Å². The minimum atomic E-state index is -4.37. The van der Waals surface area contributed by atoms with Gasteiger partial charge in [0.2, 0.25) is 5.91 Å². The molecule has 1 heterocycles. The fraction of sp³-hybridized carbons (Fsp3) is 0.364. The number of benzene rings is 1. The van der Waals surface area contributed by atoms with Crippen molar-refractivity contribution in [1.29, 1.82) is 0 Å². The van der Waals surface area contributed by atoms with Gasteiger partial charge in [0.05, 0.1) is 5.92 Å². The highest BCUT2D eigenvalue weighted by molar-refractivity contribution is 5.88. The van der Waals surface area contributed by atoms with Crippen LogP contribution in [0.2, 0.25) is 0 Å². The molecule has 1 unspecified atom stereocenters. The average Bonchev–Trinajstić information content (AvgIpc) is 2.68. The van der Waals surface area contributed by atoms with E-state index in [2.05, 4.69) is 5.32 Å². The third kappa shape index (κ3) is 2.69. The van der Waals surface area contributed by atoms with Crippen LogP contribution in [0, 0.1) is 0 Å². The van der Waals surface area contributed by atoms with Crippen molar-refractivity contribution in [2.75, 3.05) is 18.4 Å². The van der Waals surface area contributed by atoms with Crippen LogP contribution < -0.4 is 10.6 Å². The fourth-order valence-electron chi connectivity index (χ4n) is 1.83. The molecule has 0 aliphatic carbocycles. The van der Waals surface area contributed by atoms with E-state index in [-0.39, 0.29) is 0 Å². The summed E-state index contributed by atoms with van der Waals surface area (Å²) < 4.78 is 35.9. The van der Waals surface area contributed by atoms with Crippen molar-refractivity contribution in [2.24, 2.45) is 0 Å². The summed E-state index contributed by atoms with van der Waals surface area (Å²) in [7, 11) is 0. The van der Waals surface area contributed by atoms with Crippen LogP contribution in [0.5, 0.6) is 0 Å². The largest absolute Gasteiger partial charge is 0.405 e. The van der Waals surface area contributed by atoms with Gasteiger partial charge in [-0.05, 0) is 11.6 Å². The highest BCUT2D eigenvalue weighted by atomic mass is 19.4. The molecule has 1 aliphatic heterocycles. The van der Waals surface area contributed by atoms with Crippen molar-refractivity contribution in [3.63, 3.8) is 0 Å². The third-order valence-corrected chi connectivity index (χ3v) is 2.61. The lowest BCUT2D eigenvalue weighted by molar-refractivity contribution is -0.139. The molecular formula is C11H11F3N2O. The van der Waals surface area contributed by atoms with E-state index in [1.165, 1.54) is 0 Å². The van der Waals surface area contributed by atoms with Crippen LogP contribution in [-0.4, -0.2) is 25.2 Å². The molecule has 0 saturated carbocycles. The number of fused-ring (bicyclic) bond motifs is 1. The lowest BCUT2D eigenvalue weighted by atomic mass is 10.0. The Labute approximate surface area is 96.0 Å². The van der Waals surface area contributed by atoms with Crippen molar-refractivity contribution >= 4 is 11.6 Å². The van der Waals surface area contributed by atoms with Gasteiger partial charge in [0.15, 0.2) is 0 Å². The second-order valence-electron chi connectivity index (χ2n) is 3.85. The van der Waals surface area contributed by atoms with Gasteiger partial charge in [0.25, 0.3) is 0 Å². The number of para-hydroxylation sites is 1. The zero-order valence-electron chi connectivity index (χ0n) is 8.84. The summed E-state index contributed by atoms with van der Waals surface area (Å²) in [5, 5.41) is 4.89. The molecule has 3 nitrogen and oxygen atoms in total. The number of hydrogen-bond donors (Lipinski definition) is 2. The summed E-state index contributed by atoms with van der Waals surface area (Å²) in [4.78, 5) is 11.6. The Morgan fingerprint density at radius 2 is 2.12 bits per heavy atom. The van der Waals surface area contributed by atoms with Gasteiger partial charge in [-0.1, -0.05) is 18.2 Å². The van der Waals surface area contributed by atoms with E-state index in [1.54, 1.807) is 18.2 Å². The highest BCUT2D eigenvalue weighted by Crippen LogP contribution is 2.31. The van der Waals surface area contributed by atoms with Gasteiger partial charge < -0.3 is 10.6 Å². The summed E-state index contributed by atoms with van der Waals surface area (Å²) in [6.45, 7) is -0.951. The normalized spacial score (nSPS) is 18.4. The molecule has 1 atom stereocenters. The van der Waals surface area contributed by atoms with Gasteiger partial charge in [-0.25, -0.2) is 0 Å². The molecule has 0 saturated heterocycles. The standard InChI is InChI=1S/C11H11F3N2O/c12-11(13,14)6-16-10(17)8-5-15-9-4-2-1-3-7(8)9/h1-4,8,15H,5-6H2,(H,16,17). The highest BCUT2D eigenvalue weighted by Gasteiger charge is 2.32. The molecular weight excluding hydrogens is 233 g/mol. The summed E-state index contributed by atoms with van der Waals surface area (Å²) in [6.07, 6.45) is -4.37. The third-order valence-electron chi connectivity index (χ3n) is 2.61. The number of hydrogen-bond acceptors (Lipinski definition) is 2. The molecule has 1 aromatic carbocycles. The lowest BCUT2D eigenvalue weighted by Crippen LogP contribution is -2.37. The summed E-state index contributed by atoms with van der Waals surface area (Å²) in [5.41, 5.74) is 1.55. The molecule has 1 aliphatic rings. The van der Waals surface area contributed by atoms with Gasteiger partial charge >= 0.3 is 6.18 Å². The van der Waals surface area contributed by atoms with E-state index >= 15 is 0 Å². The number of nitrogens with one attached hydrogen (secondary N) is 2. The first-order chi connectivity index (χ1) is 7.97. The second kappa shape index (κ2) is 4.27. The molecule has 1 amide bonds. The van der Waals surface area contributed by atoms with E-state index in [9.17, 15) is 18.0 Å². The summed E-state index contributed by atoms with van der Waals surface area (Å²) >= 11 is 0. The number of alkyl halides is 3. The van der Waals surface area contributed by atoms with E-state index < -0.39 is 24.5 Å². The molecule has 2 N–H and O–H groups in total. The smallest absolute Gasteiger partial charge is 0.384 e. The summed E-state index contributed by atoms with van der Waals surface area (Å²) in [6, 6.07) is 7.11. The Kier molecular flexibility index (Phi) is 2.95. The van der Waals surface area contributed by atoms with Crippen LogP contribution in [0.25, 0.3) is 0 Å². The molecule has 0 bridgehead atoms. The number of anilines is 1. The quantitative estimate of drug-likeness (QED) is 0.833. The minimum absolute atomic E-state index is 0.336. The lowest BCUT2D eigenvalue weighted by Gasteiger charge is -2.12. The van der Waals surface area contributed by atoms with Gasteiger partial charge in [-0.2, -0.15) is 13.2 Å². The van der Waals surface area contributed by atoms with Gasteiger partial charge in [0, 0.05) is 12.2 Å². The maximum absolute atomic E-state index is 12.0. The molecule has 0 radical (unpaired) electrons. The molecule has 0 aromatic heterocycles. The topological polar surface area (TPSA) is 41.1 Å². The molecule has 92 valence electrons. The van der Waals surface area contributed by atoms with E-state index in [1.807, 2.05) is 11.4 Å². The van der Waals surface area contributed by atoms with E-state index in [0.29, 0.717) is 6.54 Å². The van der Waals surface area contributed by atoms with Gasteiger partial charge in [0.1, 0.15) is 6.54 Å². The van der Waals surface area contributed by atoms with Gasteiger partial charge in [-0.15, -0.1) is 0 Å². The Hall–Kier alpha value is -1.72. The Bertz CT molecular complexity index is 431. The summed E-state index contributed by atoms with van der Waals surface area (Å²) in [5.74, 6) is -1.15. The first-order valence-corrected chi connectivity index (χ1v) is 5.14. The number of halogens is 3. The fourth-order valence-corrected chi connectivity index (χ4v) is 1.83. The van der Waals surface area contributed by atoms with Crippen molar-refractivity contribution in [1.82, 2.24) is 5.32 Å². The first-order valence-electron chi connectivity index (χ1n) is 5.14. The molecule has 6 heteroatoms. The number of amides is 1. The minimum Gasteiger partial charge on any atom is -0.384 e. The maximum atomic E-state index is 12.0. The predicted octanol–water partition coefficient (Wildman–Crippen LogP) is 1.87. The van der Waals surface area contributed by atoms with Crippen molar-refractivity contribution < 1.29 is 18.0 Å². The van der Waals surface area contributed by atoms with Crippen LogP contribution in [0.3, 0.4) is 0 Å². The van der Waals surface area contributed by atoms with Crippen LogP contribution in [0.15, 0.2) is 24.3 Å². The monoisotopic (exact) mass is 244 g/mol.